The molecule has 1 heterocycles. The average Bonchev–Trinajstić information content (AvgIpc) is 2.89. The van der Waals surface area contributed by atoms with E-state index in [1.54, 1.807) is 6.92 Å². The first-order valence-corrected chi connectivity index (χ1v) is 6.81. The topological polar surface area (TPSA) is 93.4 Å². The van der Waals surface area contributed by atoms with E-state index in [1.165, 1.54) is 6.07 Å². The van der Waals surface area contributed by atoms with E-state index < -0.39 is 35.7 Å². The minimum Gasteiger partial charge on any atom is -0.372 e. The van der Waals surface area contributed by atoms with Crippen molar-refractivity contribution >= 4 is 11.9 Å². The molecule has 0 saturated carbocycles. The van der Waals surface area contributed by atoms with Crippen LogP contribution in [-0.2, 0) is 9.53 Å². The van der Waals surface area contributed by atoms with Crippen LogP contribution in [0.4, 0.5) is 13.6 Å². The van der Waals surface area contributed by atoms with E-state index in [9.17, 15) is 18.4 Å². The van der Waals surface area contributed by atoms with Crippen molar-refractivity contribution in [2.24, 2.45) is 5.73 Å². The lowest BCUT2D eigenvalue weighted by Crippen LogP contribution is -2.50. The molecule has 1 aromatic carbocycles. The molecule has 0 bridgehead atoms. The number of amides is 3. The number of hydrogen-bond acceptors (Lipinski definition) is 4. The Hall–Kier alpha value is -2.06. The van der Waals surface area contributed by atoms with Crippen LogP contribution in [0.15, 0.2) is 18.2 Å². The Kier molecular flexibility index (Phi) is 5.04. The molecular formula is C14H17F2N3O3. The van der Waals surface area contributed by atoms with Gasteiger partial charge in [-0.2, -0.15) is 0 Å². The smallest absolute Gasteiger partial charge is 0.318 e. The van der Waals surface area contributed by atoms with Gasteiger partial charge in [-0.15, -0.1) is 0 Å². The van der Waals surface area contributed by atoms with Gasteiger partial charge in [0.25, 0.3) is 0 Å². The number of carbonyl (C=O) groups is 2. The van der Waals surface area contributed by atoms with Gasteiger partial charge >= 0.3 is 6.03 Å². The first-order chi connectivity index (χ1) is 10.4. The molecule has 3 atom stereocenters. The first kappa shape index (κ1) is 16.3. The number of imide groups is 1. The Labute approximate surface area is 126 Å². The number of urea groups is 1. The molecule has 2 rings (SSSR count). The summed E-state index contributed by atoms with van der Waals surface area (Å²) in [5, 5.41) is 4.98. The van der Waals surface area contributed by atoms with Gasteiger partial charge in [-0.1, -0.05) is 6.07 Å². The van der Waals surface area contributed by atoms with Gasteiger partial charge in [-0.3, -0.25) is 10.1 Å². The van der Waals surface area contributed by atoms with Crippen LogP contribution >= 0.6 is 0 Å². The number of ether oxygens (including phenoxy) is 1. The maximum absolute atomic E-state index is 13.3. The summed E-state index contributed by atoms with van der Waals surface area (Å²) in [6.07, 6.45) is 0.0941. The van der Waals surface area contributed by atoms with E-state index in [2.05, 4.69) is 5.32 Å². The van der Waals surface area contributed by atoms with Gasteiger partial charge in [0.15, 0.2) is 11.6 Å². The number of rotatable bonds is 4. The third-order valence-corrected chi connectivity index (χ3v) is 3.47. The maximum Gasteiger partial charge on any atom is 0.318 e. The number of primary amides is 1. The Morgan fingerprint density at radius 3 is 2.73 bits per heavy atom. The van der Waals surface area contributed by atoms with Gasteiger partial charge in [-0.25, -0.2) is 13.6 Å². The molecule has 8 heteroatoms. The number of halogens is 2. The van der Waals surface area contributed by atoms with E-state index in [0.29, 0.717) is 18.6 Å². The molecule has 0 radical (unpaired) electrons. The van der Waals surface area contributed by atoms with Gasteiger partial charge < -0.3 is 15.8 Å². The molecule has 1 saturated heterocycles. The van der Waals surface area contributed by atoms with Gasteiger partial charge in [0.2, 0.25) is 5.91 Å². The largest absolute Gasteiger partial charge is 0.372 e. The Morgan fingerprint density at radius 2 is 2.09 bits per heavy atom. The number of carbonyl (C=O) groups excluding carboxylic acids is 2. The van der Waals surface area contributed by atoms with Crippen molar-refractivity contribution in [2.75, 3.05) is 6.61 Å². The van der Waals surface area contributed by atoms with Crippen molar-refractivity contribution < 1.29 is 23.1 Å². The molecule has 0 aromatic heterocycles. The van der Waals surface area contributed by atoms with E-state index in [4.69, 9.17) is 10.5 Å². The van der Waals surface area contributed by atoms with Crippen molar-refractivity contribution in [2.45, 2.75) is 31.5 Å². The summed E-state index contributed by atoms with van der Waals surface area (Å²) in [5.41, 5.74) is 5.37. The van der Waals surface area contributed by atoms with Crippen molar-refractivity contribution in [1.29, 1.82) is 0 Å². The highest BCUT2D eigenvalue weighted by molar-refractivity contribution is 5.96. The molecule has 3 amide bonds. The third kappa shape index (κ3) is 3.77. The van der Waals surface area contributed by atoms with Crippen molar-refractivity contribution in [3.05, 3.63) is 35.4 Å². The zero-order valence-electron chi connectivity index (χ0n) is 11.9. The quantitative estimate of drug-likeness (QED) is 0.772. The molecule has 22 heavy (non-hydrogen) atoms. The highest BCUT2D eigenvalue weighted by Crippen LogP contribution is 2.30. The van der Waals surface area contributed by atoms with E-state index in [-0.39, 0.29) is 6.04 Å². The zero-order chi connectivity index (χ0) is 16.3. The summed E-state index contributed by atoms with van der Waals surface area (Å²) in [5.74, 6) is -2.45. The zero-order valence-corrected chi connectivity index (χ0v) is 11.9. The molecule has 0 aliphatic carbocycles. The lowest BCUT2D eigenvalue weighted by molar-refractivity contribution is -0.121. The predicted molar refractivity (Wildman–Crippen MR) is 73.8 cm³/mol. The number of hydrogen-bond donors (Lipinski definition) is 3. The molecule has 0 spiro atoms. The SMILES string of the molecule is CC(N[C@@H]1CCO[C@H]1c1ccc(F)c(F)c1)C(=O)NC(N)=O. The number of benzene rings is 1. The van der Waals surface area contributed by atoms with Crippen LogP contribution in [0, 0.1) is 11.6 Å². The Morgan fingerprint density at radius 1 is 1.36 bits per heavy atom. The van der Waals surface area contributed by atoms with Crippen molar-refractivity contribution in [3.8, 4) is 0 Å². The standard InChI is InChI=1S/C14H17F2N3O3/c1-7(13(20)19-14(17)21)18-11-4-5-22-12(11)8-2-3-9(15)10(16)6-8/h2-3,6-7,11-12,18H,4-5H2,1H3,(H3,17,19,20,21)/t7?,11-,12+/m1/s1. The van der Waals surface area contributed by atoms with Crippen molar-refractivity contribution in [1.82, 2.24) is 10.6 Å². The summed E-state index contributed by atoms with van der Waals surface area (Å²) < 4.78 is 31.9. The Bertz CT molecular complexity index is 582. The highest BCUT2D eigenvalue weighted by atomic mass is 19.2. The minimum atomic E-state index is -0.953. The van der Waals surface area contributed by atoms with Crippen LogP contribution in [-0.4, -0.2) is 30.6 Å². The molecule has 1 aliphatic rings. The lowest BCUT2D eigenvalue weighted by Gasteiger charge is -2.23. The normalized spacial score (nSPS) is 22.3. The van der Waals surface area contributed by atoms with Gasteiger partial charge in [0.1, 0.15) is 0 Å². The second-order valence-electron chi connectivity index (χ2n) is 5.10. The molecule has 1 unspecified atom stereocenters. The summed E-state index contributed by atoms with van der Waals surface area (Å²) >= 11 is 0. The van der Waals surface area contributed by atoms with Crippen LogP contribution < -0.4 is 16.4 Å². The lowest BCUT2D eigenvalue weighted by atomic mass is 10.0. The maximum atomic E-state index is 13.3. The van der Waals surface area contributed by atoms with Crippen LogP contribution in [0.3, 0.4) is 0 Å². The van der Waals surface area contributed by atoms with Crippen LogP contribution in [0.25, 0.3) is 0 Å². The fourth-order valence-corrected chi connectivity index (χ4v) is 2.40. The van der Waals surface area contributed by atoms with Gasteiger partial charge in [-0.05, 0) is 31.0 Å². The Balaban J connectivity index is 2.05. The van der Waals surface area contributed by atoms with Crippen LogP contribution in [0.5, 0.6) is 0 Å². The van der Waals surface area contributed by atoms with Crippen LogP contribution in [0.1, 0.15) is 25.0 Å². The molecule has 4 N–H and O–H groups in total. The fraction of sp³-hybridized carbons (Fsp3) is 0.429. The van der Waals surface area contributed by atoms with E-state index in [0.717, 1.165) is 12.1 Å². The third-order valence-electron chi connectivity index (χ3n) is 3.47. The molecule has 1 aromatic rings. The molecule has 6 nitrogen and oxygen atoms in total. The summed E-state index contributed by atoms with van der Waals surface area (Å²) in [4.78, 5) is 22.3. The molecular weight excluding hydrogens is 296 g/mol. The summed E-state index contributed by atoms with van der Waals surface area (Å²) in [7, 11) is 0. The fourth-order valence-electron chi connectivity index (χ4n) is 2.40. The van der Waals surface area contributed by atoms with E-state index in [1.807, 2.05) is 5.32 Å². The monoisotopic (exact) mass is 313 g/mol. The molecule has 1 fully saturated rings. The van der Waals surface area contributed by atoms with Gasteiger partial charge in [0.05, 0.1) is 12.1 Å². The van der Waals surface area contributed by atoms with Gasteiger partial charge in [0, 0.05) is 12.6 Å². The first-order valence-electron chi connectivity index (χ1n) is 6.81. The molecule has 120 valence electrons. The van der Waals surface area contributed by atoms with Crippen molar-refractivity contribution in [3.63, 3.8) is 0 Å². The summed E-state index contributed by atoms with van der Waals surface area (Å²) in [6.45, 7) is 1.99. The second-order valence-corrected chi connectivity index (χ2v) is 5.10. The van der Waals surface area contributed by atoms with Crippen LogP contribution in [0.2, 0.25) is 0 Å². The number of nitrogens with two attached hydrogens (primary N) is 1. The second kappa shape index (κ2) is 6.80. The highest BCUT2D eigenvalue weighted by Gasteiger charge is 2.32. The van der Waals surface area contributed by atoms with E-state index >= 15 is 0 Å². The molecule has 1 aliphatic heterocycles. The minimum absolute atomic E-state index is 0.265. The summed E-state index contributed by atoms with van der Waals surface area (Å²) in [6, 6.07) is 1.67. The average molecular weight is 313 g/mol. The predicted octanol–water partition coefficient (Wildman–Crippen LogP) is 0.968. The number of nitrogens with one attached hydrogen (secondary N) is 2.